The summed E-state index contributed by atoms with van der Waals surface area (Å²) in [4.78, 5) is 42.9. The van der Waals surface area contributed by atoms with Crippen LogP contribution in [0.1, 0.15) is 63.2 Å². The van der Waals surface area contributed by atoms with E-state index in [0.29, 0.717) is 52.4 Å². The van der Waals surface area contributed by atoms with E-state index >= 15 is 0 Å². The Morgan fingerprint density at radius 1 is 0.817 bits per heavy atom. The average Bonchev–Trinajstić information content (AvgIpc) is 3.28. The summed E-state index contributed by atoms with van der Waals surface area (Å²) in [7, 11) is 0. The van der Waals surface area contributed by atoms with E-state index in [4.69, 9.17) is 14.2 Å². The standard InChI is InChI=1S/C48H48N4O8/c53-41-19-17-39(40-18-20-44(55)50-46(40)41)42(54)28-49-24-21-31-11-15-37(16-12-31)59-47(56)35-13-9-32(10-14-35)30-58-38-8-4-7-36(27-38)45(34-5-2-1-3-6-34)51-48(57)60-43-29-52-25-22-33(43)23-26-52/h1-20,27,33,42-43,45,49,53-54H,21-26,28-30H2,(H,50,55)(H,51,57)/t42-,43-,45?/m0/s1. The van der Waals surface area contributed by atoms with Crippen LogP contribution in [0.2, 0.25) is 0 Å². The number of fused-ring (bicyclic) bond motifs is 4. The summed E-state index contributed by atoms with van der Waals surface area (Å²) in [6, 6.07) is 37.5. The maximum atomic E-state index is 13.2. The number of aromatic amines is 1. The molecule has 3 fully saturated rings. The molecule has 308 valence electrons. The smallest absolute Gasteiger partial charge is 0.408 e. The Bertz CT molecular complexity index is 2470. The van der Waals surface area contributed by atoms with Gasteiger partial charge in [-0.15, -0.1) is 0 Å². The van der Waals surface area contributed by atoms with Gasteiger partial charge < -0.3 is 40.0 Å². The van der Waals surface area contributed by atoms with Crippen LogP contribution < -0.4 is 25.7 Å². The molecule has 0 radical (unpaired) electrons. The van der Waals surface area contributed by atoms with Gasteiger partial charge in [-0.2, -0.15) is 0 Å². The molecule has 12 heteroatoms. The number of phenolic OH excluding ortho intramolecular Hbond substituents is 1. The lowest BCUT2D eigenvalue weighted by molar-refractivity contribution is -0.0336. The van der Waals surface area contributed by atoms with Crippen LogP contribution in [0.15, 0.2) is 132 Å². The zero-order valence-electron chi connectivity index (χ0n) is 33.1. The molecule has 1 aromatic heterocycles. The molecule has 0 saturated carbocycles. The Hall–Kier alpha value is -6.47. The second-order valence-corrected chi connectivity index (χ2v) is 15.4. The molecule has 4 heterocycles. The van der Waals surface area contributed by atoms with Crippen LogP contribution in [0.5, 0.6) is 17.2 Å². The zero-order valence-corrected chi connectivity index (χ0v) is 33.1. The number of H-pyrrole nitrogens is 1. The number of carbonyl (C=O) groups excluding carboxylic acids is 2. The third kappa shape index (κ3) is 9.86. The maximum absolute atomic E-state index is 13.2. The van der Waals surface area contributed by atoms with E-state index in [0.717, 1.165) is 54.7 Å². The number of nitrogens with one attached hydrogen (secondary N) is 3. The van der Waals surface area contributed by atoms with Crippen molar-refractivity contribution in [3.8, 4) is 17.2 Å². The number of aromatic nitrogens is 1. The van der Waals surface area contributed by atoms with Crippen LogP contribution in [0.3, 0.4) is 0 Å². The van der Waals surface area contributed by atoms with Crippen molar-refractivity contribution in [2.24, 2.45) is 5.92 Å². The van der Waals surface area contributed by atoms with Gasteiger partial charge in [0.15, 0.2) is 0 Å². The molecule has 12 nitrogen and oxygen atoms in total. The number of phenols is 1. The van der Waals surface area contributed by atoms with Crippen LogP contribution in [0, 0.1) is 5.92 Å². The lowest BCUT2D eigenvalue weighted by atomic mass is 9.86. The van der Waals surface area contributed by atoms with Crippen molar-refractivity contribution in [2.45, 2.75) is 44.1 Å². The van der Waals surface area contributed by atoms with Crippen molar-refractivity contribution in [1.82, 2.24) is 20.5 Å². The van der Waals surface area contributed by atoms with Crippen molar-refractivity contribution in [2.75, 3.05) is 32.7 Å². The number of aromatic hydroxyl groups is 1. The molecule has 0 spiro atoms. The number of hydrogen-bond acceptors (Lipinski definition) is 10. The highest BCUT2D eigenvalue weighted by Gasteiger charge is 2.37. The molecule has 3 atom stereocenters. The minimum absolute atomic E-state index is 0.0534. The van der Waals surface area contributed by atoms with Gasteiger partial charge >= 0.3 is 12.1 Å². The lowest BCUT2D eigenvalue weighted by Gasteiger charge is -2.43. The van der Waals surface area contributed by atoms with Gasteiger partial charge in [0.25, 0.3) is 0 Å². The quantitative estimate of drug-likeness (QED) is 0.0424. The summed E-state index contributed by atoms with van der Waals surface area (Å²) in [6.45, 7) is 4.08. The van der Waals surface area contributed by atoms with Crippen molar-refractivity contribution >= 4 is 23.0 Å². The van der Waals surface area contributed by atoms with E-state index in [-0.39, 0.29) is 30.6 Å². The van der Waals surface area contributed by atoms with Crippen molar-refractivity contribution in [3.63, 3.8) is 0 Å². The third-order valence-corrected chi connectivity index (χ3v) is 11.4. The summed E-state index contributed by atoms with van der Waals surface area (Å²) in [5.41, 5.74) is 4.66. The van der Waals surface area contributed by atoms with Crippen molar-refractivity contribution in [1.29, 1.82) is 0 Å². The highest BCUT2D eigenvalue weighted by atomic mass is 16.6. The van der Waals surface area contributed by atoms with Gasteiger partial charge in [0.2, 0.25) is 5.56 Å². The van der Waals surface area contributed by atoms with Crippen LogP contribution in [0.4, 0.5) is 4.79 Å². The highest BCUT2D eigenvalue weighted by molar-refractivity contribution is 5.91. The number of carbonyl (C=O) groups is 2. The number of ether oxygens (including phenoxy) is 3. The second-order valence-electron chi connectivity index (χ2n) is 15.4. The predicted molar refractivity (Wildman–Crippen MR) is 227 cm³/mol. The van der Waals surface area contributed by atoms with E-state index < -0.39 is 24.2 Å². The third-order valence-electron chi connectivity index (χ3n) is 11.4. The number of pyridine rings is 1. The molecule has 5 N–H and O–H groups in total. The zero-order chi connectivity index (χ0) is 41.4. The highest BCUT2D eigenvalue weighted by Crippen LogP contribution is 2.32. The Labute approximate surface area is 347 Å². The first-order valence-electron chi connectivity index (χ1n) is 20.4. The van der Waals surface area contributed by atoms with E-state index in [1.165, 1.54) is 12.1 Å². The fraction of sp³-hybridized carbons (Fsp3) is 0.271. The maximum Gasteiger partial charge on any atom is 0.408 e. The molecule has 3 saturated heterocycles. The number of rotatable bonds is 15. The first-order valence-corrected chi connectivity index (χ1v) is 20.4. The number of benzene rings is 5. The number of piperidine rings is 3. The number of aliphatic hydroxyl groups excluding tert-OH is 1. The molecule has 9 rings (SSSR count). The molecule has 2 bridgehead atoms. The molecule has 3 aliphatic rings. The Morgan fingerprint density at radius 3 is 2.32 bits per heavy atom. The number of amides is 1. The summed E-state index contributed by atoms with van der Waals surface area (Å²) in [5.74, 6) is 0.952. The molecule has 0 aliphatic carbocycles. The van der Waals surface area contributed by atoms with Gasteiger partial charge in [-0.3, -0.25) is 9.69 Å². The molecule has 5 aromatic carbocycles. The van der Waals surface area contributed by atoms with Crippen LogP contribution in [0.25, 0.3) is 10.9 Å². The first-order chi connectivity index (χ1) is 29.3. The topological polar surface area (TPSA) is 162 Å². The SMILES string of the molecule is O=C(NC(c1ccccc1)c1cccc(OCc2ccc(C(=O)Oc3ccc(CCNC[C@H](O)c4ccc(O)c5[nH]c(=O)ccc45)cc3)cc2)c1)O[C@H]1CN2CCC1CC2. The molecular formula is C48H48N4O8. The van der Waals surface area contributed by atoms with Crippen LogP contribution in [-0.2, 0) is 17.8 Å². The minimum Gasteiger partial charge on any atom is -0.506 e. The molecule has 3 aliphatic heterocycles. The van der Waals surface area contributed by atoms with E-state index in [1.54, 1.807) is 36.4 Å². The average molecular weight is 809 g/mol. The molecule has 6 aromatic rings. The monoisotopic (exact) mass is 808 g/mol. The van der Waals surface area contributed by atoms with Gasteiger partial charge in [-0.1, -0.05) is 72.8 Å². The normalized spacial score (nSPS) is 18.1. The molecule has 1 unspecified atom stereocenters. The number of hydrogen-bond donors (Lipinski definition) is 5. The summed E-state index contributed by atoms with van der Waals surface area (Å²) in [5, 5.41) is 27.9. The van der Waals surface area contributed by atoms with Crippen molar-refractivity contribution in [3.05, 3.63) is 171 Å². The van der Waals surface area contributed by atoms with Gasteiger partial charge in [0.1, 0.15) is 30.0 Å². The number of nitrogens with zero attached hydrogens (tertiary/aromatic N) is 1. The number of aliphatic hydroxyl groups is 1. The Kier molecular flexibility index (Phi) is 12.5. The minimum atomic E-state index is -0.847. The second kappa shape index (κ2) is 18.6. The molecule has 1 amide bonds. The fourth-order valence-corrected chi connectivity index (χ4v) is 8.05. The summed E-state index contributed by atoms with van der Waals surface area (Å²) in [6.07, 6.45) is 1.44. The van der Waals surface area contributed by atoms with Crippen LogP contribution >= 0.6 is 0 Å². The van der Waals surface area contributed by atoms with Gasteiger partial charge in [0, 0.05) is 24.5 Å². The summed E-state index contributed by atoms with van der Waals surface area (Å²) >= 11 is 0. The first kappa shape index (κ1) is 40.3. The van der Waals surface area contributed by atoms with Crippen molar-refractivity contribution < 1.29 is 34.0 Å². The van der Waals surface area contributed by atoms with E-state index in [9.17, 15) is 24.6 Å². The van der Waals surface area contributed by atoms with Gasteiger partial charge in [0.05, 0.1) is 23.2 Å². The number of esters is 1. The Morgan fingerprint density at radius 2 is 1.57 bits per heavy atom. The lowest BCUT2D eigenvalue weighted by Crippen LogP contribution is -2.52. The number of alkyl carbamates (subject to hydrolysis) is 1. The largest absolute Gasteiger partial charge is 0.506 e. The predicted octanol–water partition coefficient (Wildman–Crippen LogP) is 6.81. The van der Waals surface area contributed by atoms with E-state index in [2.05, 4.69) is 20.5 Å². The fourth-order valence-electron chi connectivity index (χ4n) is 8.05. The molecule has 60 heavy (non-hydrogen) atoms. The summed E-state index contributed by atoms with van der Waals surface area (Å²) < 4.78 is 17.8. The molecular weight excluding hydrogens is 761 g/mol. The Balaban J connectivity index is 0.803. The van der Waals surface area contributed by atoms with Gasteiger partial charge in [-0.25, -0.2) is 9.59 Å². The van der Waals surface area contributed by atoms with E-state index in [1.807, 2.05) is 78.9 Å². The van der Waals surface area contributed by atoms with Gasteiger partial charge in [-0.05, 0) is 121 Å². The van der Waals surface area contributed by atoms with Crippen LogP contribution in [-0.4, -0.2) is 71.0 Å².